The Morgan fingerprint density at radius 1 is 0.652 bits per heavy atom. The van der Waals surface area contributed by atoms with Gasteiger partial charge in [-0.05, 0) is 0 Å². The van der Waals surface area contributed by atoms with Gasteiger partial charge in [-0.15, -0.1) is 0 Å². The molecule has 0 saturated heterocycles. The van der Waals surface area contributed by atoms with Gasteiger partial charge in [0.15, 0.2) is 0 Å². The van der Waals surface area contributed by atoms with Crippen LogP contribution in [-0.4, -0.2) is 68.4 Å². The highest BCUT2D eigenvalue weighted by molar-refractivity contribution is 5.82. The summed E-state index contributed by atoms with van der Waals surface area (Å²) < 4.78 is 0. The molecule has 0 aliphatic rings. The summed E-state index contributed by atoms with van der Waals surface area (Å²) in [5, 5.41) is 54.9. The summed E-state index contributed by atoms with van der Waals surface area (Å²) in [5.74, 6) is -4.28. The first-order chi connectivity index (χ1) is 10.7. The molecule has 0 spiro atoms. The third-order valence-electron chi connectivity index (χ3n) is 3.33. The molecule has 0 aromatic carbocycles. The van der Waals surface area contributed by atoms with E-state index >= 15 is 0 Å². The van der Waals surface area contributed by atoms with Gasteiger partial charge in [0.05, 0.1) is 25.2 Å². The molecular weight excluding hydrogens is 312 g/mol. The first-order valence-electron chi connectivity index (χ1n) is 6.27. The molecule has 0 rings (SSSR count). The molecule has 0 atom stereocenters. The van der Waals surface area contributed by atoms with Crippen LogP contribution in [0, 0.1) is 10.8 Å². The number of carbonyl (C=O) groups is 3. The summed E-state index contributed by atoms with van der Waals surface area (Å²) in [4.78, 5) is 32.3. The quantitative estimate of drug-likeness (QED) is 0.271. The van der Waals surface area contributed by atoms with Crippen molar-refractivity contribution in [3.8, 4) is 0 Å². The van der Waals surface area contributed by atoms with Gasteiger partial charge >= 0.3 is 17.9 Å². The van der Waals surface area contributed by atoms with Crippen LogP contribution in [0.1, 0.15) is 0 Å². The average Bonchev–Trinajstić information content (AvgIpc) is 2.49. The molecule has 0 bridgehead atoms. The van der Waals surface area contributed by atoms with Gasteiger partial charge in [0.1, 0.15) is 0 Å². The maximum Gasteiger partial charge on any atom is 0.328 e. The van der Waals surface area contributed by atoms with Crippen LogP contribution >= 0.6 is 0 Å². The molecule has 0 heterocycles. The minimum atomic E-state index is -1.87. The highest BCUT2D eigenvalue weighted by Gasteiger charge is 2.46. The lowest BCUT2D eigenvalue weighted by molar-refractivity contribution is -0.132. The number of hydrogen-bond acceptors (Lipinski definition) is 6. The largest absolute Gasteiger partial charge is 0.478 e. The fourth-order valence-electron chi connectivity index (χ4n) is 1.89. The van der Waals surface area contributed by atoms with Crippen LogP contribution in [0.2, 0.25) is 0 Å². The Bertz CT molecular complexity index is 458. The van der Waals surface area contributed by atoms with Gasteiger partial charge in [0.25, 0.3) is 0 Å². The van der Waals surface area contributed by atoms with Crippen LogP contribution in [0.4, 0.5) is 0 Å². The van der Waals surface area contributed by atoms with Crippen molar-refractivity contribution in [3.05, 3.63) is 36.5 Å². The second-order valence-electron chi connectivity index (χ2n) is 4.70. The number of carboxylic acids is 3. The van der Waals surface area contributed by atoms with Crippen molar-refractivity contribution < 1.29 is 45.0 Å². The van der Waals surface area contributed by atoms with Crippen molar-refractivity contribution in [3.63, 3.8) is 0 Å². The molecule has 6 N–H and O–H groups in total. The van der Waals surface area contributed by atoms with Crippen LogP contribution in [0.3, 0.4) is 0 Å². The first kappa shape index (κ1) is 20.5. The fourth-order valence-corrected chi connectivity index (χ4v) is 1.89. The second-order valence-corrected chi connectivity index (χ2v) is 4.70. The summed E-state index contributed by atoms with van der Waals surface area (Å²) in [7, 11) is 0. The molecule has 0 fully saturated rings. The third kappa shape index (κ3) is 5.33. The number of rotatable bonds is 10. The Labute approximate surface area is 131 Å². The SMILES string of the molecule is O=C(O)C=CC(C=CC(=O)O)(C=CC(=O)O)C(CO)(CO)CO. The van der Waals surface area contributed by atoms with Crippen molar-refractivity contribution in [2.75, 3.05) is 19.8 Å². The minimum absolute atomic E-state index is 0.591. The van der Waals surface area contributed by atoms with Crippen molar-refractivity contribution in [1.82, 2.24) is 0 Å². The van der Waals surface area contributed by atoms with Crippen LogP contribution in [0.5, 0.6) is 0 Å². The lowest BCUT2D eigenvalue weighted by Crippen LogP contribution is -2.47. The molecule has 0 aromatic rings. The first-order valence-corrected chi connectivity index (χ1v) is 6.27. The summed E-state index contributed by atoms with van der Waals surface area (Å²) in [6.45, 7) is -2.63. The van der Waals surface area contributed by atoms with E-state index in [9.17, 15) is 29.7 Å². The monoisotopic (exact) mass is 330 g/mol. The fraction of sp³-hybridized carbons (Fsp3) is 0.357. The molecule has 0 aromatic heterocycles. The van der Waals surface area contributed by atoms with E-state index in [-0.39, 0.29) is 0 Å². The van der Waals surface area contributed by atoms with E-state index < -0.39 is 48.6 Å². The van der Waals surface area contributed by atoms with Gasteiger partial charge < -0.3 is 30.6 Å². The van der Waals surface area contributed by atoms with E-state index in [1.54, 1.807) is 0 Å². The summed E-state index contributed by atoms with van der Waals surface area (Å²) >= 11 is 0. The van der Waals surface area contributed by atoms with Gasteiger partial charge in [0.2, 0.25) is 0 Å². The molecule has 0 aliphatic heterocycles. The lowest BCUT2D eigenvalue weighted by atomic mass is 9.63. The Hall–Kier alpha value is -2.49. The van der Waals surface area contributed by atoms with Gasteiger partial charge in [-0.25, -0.2) is 14.4 Å². The Balaban J connectivity index is 6.48. The topological polar surface area (TPSA) is 173 Å². The maximum absolute atomic E-state index is 10.8. The maximum atomic E-state index is 10.8. The zero-order valence-electron chi connectivity index (χ0n) is 12.0. The number of aliphatic hydroxyl groups is 3. The standard InChI is InChI=1S/C14H18O9/c15-7-14(8-16,9-17)13(4-1-10(18)19,5-2-11(20)21)6-3-12(22)23/h1-6,15-17H,7-9H2,(H,18,19)(H,20,21)(H,22,23). The molecule has 0 unspecified atom stereocenters. The summed E-state index contributed by atoms with van der Waals surface area (Å²) in [6, 6.07) is 0. The third-order valence-corrected chi connectivity index (χ3v) is 3.33. The van der Waals surface area contributed by atoms with Gasteiger partial charge in [-0.1, -0.05) is 18.2 Å². The van der Waals surface area contributed by atoms with E-state index in [1.165, 1.54) is 0 Å². The highest BCUT2D eigenvalue weighted by atomic mass is 16.4. The van der Waals surface area contributed by atoms with Crippen LogP contribution < -0.4 is 0 Å². The number of hydrogen-bond donors (Lipinski definition) is 6. The lowest BCUT2D eigenvalue weighted by Gasteiger charge is -2.42. The number of carboxylic acid groups (broad SMARTS) is 3. The van der Waals surface area contributed by atoms with Crippen LogP contribution in [-0.2, 0) is 14.4 Å². The molecule has 9 heteroatoms. The summed E-state index contributed by atoms with van der Waals surface area (Å²) in [6.07, 6.45) is 4.43. The van der Waals surface area contributed by atoms with Crippen LogP contribution in [0.15, 0.2) is 36.5 Å². The highest BCUT2D eigenvalue weighted by Crippen LogP contribution is 2.43. The van der Waals surface area contributed by atoms with Gasteiger partial charge in [0, 0.05) is 23.6 Å². The molecule has 0 amide bonds. The Morgan fingerprint density at radius 3 is 1.09 bits per heavy atom. The number of aliphatic carboxylic acids is 3. The smallest absolute Gasteiger partial charge is 0.328 e. The van der Waals surface area contributed by atoms with E-state index in [0.29, 0.717) is 18.2 Å². The van der Waals surface area contributed by atoms with E-state index in [2.05, 4.69) is 0 Å². The van der Waals surface area contributed by atoms with Gasteiger partial charge in [-0.2, -0.15) is 0 Å². The zero-order valence-corrected chi connectivity index (χ0v) is 12.0. The Kier molecular flexibility index (Phi) is 7.88. The van der Waals surface area contributed by atoms with Crippen molar-refractivity contribution in [2.24, 2.45) is 10.8 Å². The Morgan fingerprint density at radius 2 is 0.913 bits per heavy atom. The predicted molar refractivity (Wildman–Crippen MR) is 76.5 cm³/mol. The van der Waals surface area contributed by atoms with Gasteiger partial charge in [-0.3, -0.25) is 0 Å². The van der Waals surface area contributed by atoms with E-state index in [1.807, 2.05) is 0 Å². The second kappa shape index (κ2) is 8.83. The molecule has 9 nitrogen and oxygen atoms in total. The normalized spacial score (nSPS) is 15.3. The average molecular weight is 330 g/mol. The zero-order chi connectivity index (χ0) is 18.1. The molecule has 0 saturated carbocycles. The molecular formula is C14H18O9. The number of aliphatic hydroxyl groups excluding tert-OH is 3. The van der Waals surface area contributed by atoms with Crippen molar-refractivity contribution in [1.29, 1.82) is 0 Å². The van der Waals surface area contributed by atoms with E-state index in [0.717, 1.165) is 18.2 Å². The summed E-state index contributed by atoms with van der Waals surface area (Å²) in [5.41, 5.74) is -3.71. The number of allylic oxidation sites excluding steroid dienone is 3. The van der Waals surface area contributed by atoms with Crippen molar-refractivity contribution >= 4 is 17.9 Å². The molecule has 23 heavy (non-hydrogen) atoms. The molecule has 0 aliphatic carbocycles. The predicted octanol–water partition coefficient (Wildman–Crippen LogP) is -1.14. The molecule has 128 valence electrons. The molecule has 0 radical (unpaired) electrons. The van der Waals surface area contributed by atoms with E-state index in [4.69, 9.17) is 15.3 Å². The minimum Gasteiger partial charge on any atom is -0.478 e. The van der Waals surface area contributed by atoms with Crippen LogP contribution in [0.25, 0.3) is 0 Å². The van der Waals surface area contributed by atoms with Crippen molar-refractivity contribution in [2.45, 2.75) is 0 Å².